The molecule has 2 rings (SSSR count). The Bertz CT molecular complexity index is 296. The first-order chi connectivity index (χ1) is 6.27. The van der Waals surface area contributed by atoms with Crippen molar-refractivity contribution in [2.45, 2.75) is 25.9 Å². The molecule has 0 aromatic heterocycles. The predicted octanol–water partition coefficient (Wildman–Crippen LogP) is 1.77. The van der Waals surface area contributed by atoms with Crippen molar-refractivity contribution in [2.24, 2.45) is 5.92 Å². The second-order valence-electron chi connectivity index (χ2n) is 3.90. The summed E-state index contributed by atoms with van der Waals surface area (Å²) in [7, 11) is 0. The van der Waals surface area contributed by atoms with E-state index in [9.17, 15) is 0 Å². The summed E-state index contributed by atoms with van der Waals surface area (Å²) in [6.45, 7) is 3.17. The zero-order valence-corrected chi connectivity index (χ0v) is 7.96. The molecule has 0 aliphatic heterocycles. The van der Waals surface area contributed by atoms with Gasteiger partial charge in [0.05, 0.1) is 0 Å². The zero-order chi connectivity index (χ0) is 9.26. The summed E-state index contributed by atoms with van der Waals surface area (Å²) in [5.41, 5.74) is 7.92. The van der Waals surface area contributed by atoms with Crippen molar-refractivity contribution >= 4 is 5.69 Å². The summed E-state index contributed by atoms with van der Waals surface area (Å²) in [6.07, 6.45) is 1.31. The van der Waals surface area contributed by atoms with E-state index in [2.05, 4.69) is 18.3 Å². The highest BCUT2D eigenvalue weighted by Crippen LogP contribution is 2.29. The lowest BCUT2D eigenvalue weighted by Gasteiger charge is -2.05. The van der Waals surface area contributed by atoms with Crippen molar-refractivity contribution < 1.29 is 0 Å². The van der Waals surface area contributed by atoms with Crippen LogP contribution in [0.1, 0.15) is 18.9 Å². The fourth-order valence-electron chi connectivity index (χ4n) is 1.54. The summed E-state index contributed by atoms with van der Waals surface area (Å²) in [6, 6.07) is 8.75. The third-order valence-corrected chi connectivity index (χ3v) is 2.72. The maximum atomic E-state index is 5.82. The number of hydrogen-bond donors (Lipinski definition) is 2. The van der Waals surface area contributed by atoms with Crippen LogP contribution in [0.25, 0.3) is 0 Å². The van der Waals surface area contributed by atoms with Gasteiger partial charge in [-0.3, -0.25) is 0 Å². The largest absolute Gasteiger partial charge is 0.398 e. The minimum absolute atomic E-state index is 0.722. The Morgan fingerprint density at radius 2 is 2.15 bits per heavy atom. The first-order valence-corrected chi connectivity index (χ1v) is 4.84. The molecule has 1 saturated carbocycles. The van der Waals surface area contributed by atoms with Crippen molar-refractivity contribution in [1.29, 1.82) is 0 Å². The molecule has 70 valence electrons. The molecule has 0 saturated heterocycles. The van der Waals surface area contributed by atoms with Gasteiger partial charge in [0.1, 0.15) is 0 Å². The van der Waals surface area contributed by atoms with E-state index in [0.29, 0.717) is 0 Å². The second-order valence-corrected chi connectivity index (χ2v) is 3.90. The van der Waals surface area contributed by atoms with Crippen LogP contribution in [-0.2, 0) is 6.54 Å². The van der Waals surface area contributed by atoms with Crippen LogP contribution in [0.5, 0.6) is 0 Å². The SMILES string of the molecule is CC1CC1NCc1ccccc1N. The van der Waals surface area contributed by atoms with Gasteiger partial charge >= 0.3 is 0 Å². The first-order valence-electron chi connectivity index (χ1n) is 4.84. The van der Waals surface area contributed by atoms with Crippen molar-refractivity contribution in [3.63, 3.8) is 0 Å². The lowest BCUT2D eigenvalue weighted by atomic mass is 10.2. The van der Waals surface area contributed by atoms with Crippen molar-refractivity contribution in [1.82, 2.24) is 5.32 Å². The standard InChI is InChI=1S/C11H16N2/c1-8-6-11(8)13-7-9-4-2-3-5-10(9)12/h2-5,8,11,13H,6-7,12H2,1H3. The Labute approximate surface area is 79.1 Å². The zero-order valence-electron chi connectivity index (χ0n) is 7.96. The maximum Gasteiger partial charge on any atom is 0.0359 e. The number of benzene rings is 1. The molecule has 0 bridgehead atoms. The highest BCUT2D eigenvalue weighted by molar-refractivity contribution is 5.46. The van der Waals surface area contributed by atoms with Gasteiger partial charge in [-0.25, -0.2) is 0 Å². The monoisotopic (exact) mass is 176 g/mol. The van der Waals surface area contributed by atoms with E-state index >= 15 is 0 Å². The number of rotatable bonds is 3. The third-order valence-electron chi connectivity index (χ3n) is 2.72. The molecular formula is C11H16N2. The predicted molar refractivity (Wildman–Crippen MR) is 55.3 cm³/mol. The summed E-state index contributed by atoms with van der Waals surface area (Å²) in [5.74, 6) is 0.852. The molecule has 1 aromatic rings. The molecule has 0 radical (unpaired) electrons. The number of nitrogen functional groups attached to an aromatic ring is 1. The number of nitrogens with one attached hydrogen (secondary N) is 1. The van der Waals surface area contributed by atoms with Crippen LogP contribution in [0.15, 0.2) is 24.3 Å². The van der Waals surface area contributed by atoms with Crippen LogP contribution in [0.2, 0.25) is 0 Å². The molecule has 1 aliphatic carbocycles. The van der Waals surface area contributed by atoms with Crippen molar-refractivity contribution in [3.8, 4) is 0 Å². The molecule has 2 nitrogen and oxygen atoms in total. The lowest BCUT2D eigenvalue weighted by molar-refractivity contribution is 0.653. The molecule has 2 atom stereocenters. The Kier molecular flexibility index (Phi) is 2.23. The van der Waals surface area contributed by atoms with Gasteiger partial charge in [-0.2, -0.15) is 0 Å². The number of para-hydroxylation sites is 1. The normalized spacial score (nSPS) is 25.9. The van der Waals surface area contributed by atoms with E-state index in [-0.39, 0.29) is 0 Å². The smallest absolute Gasteiger partial charge is 0.0359 e. The van der Waals surface area contributed by atoms with Gasteiger partial charge in [0.2, 0.25) is 0 Å². The Morgan fingerprint density at radius 1 is 1.46 bits per heavy atom. The molecule has 0 amide bonds. The fraction of sp³-hybridized carbons (Fsp3) is 0.455. The van der Waals surface area contributed by atoms with E-state index in [0.717, 1.165) is 24.2 Å². The van der Waals surface area contributed by atoms with Crippen LogP contribution in [0.4, 0.5) is 5.69 Å². The van der Waals surface area contributed by atoms with Gasteiger partial charge in [0.15, 0.2) is 0 Å². The minimum atomic E-state index is 0.722. The van der Waals surface area contributed by atoms with Gasteiger partial charge in [0.25, 0.3) is 0 Å². The van der Waals surface area contributed by atoms with Crippen LogP contribution < -0.4 is 11.1 Å². The molecule has 1 aliphatic rings. The van der Waals surface area contributed by atoms with Gasteiger partial charge in [-0.15, -0.1) is 0 Å². The van der Waals surface area contributed by atoms with Gasteiger partial charge in [-0.05, 0) is 24.0 Å². The van der Waals surface area contributed by atoms with E-state index in [1.54, 1.807) is 0 Å². The van der Waals surface area contributed by atoms with Crippen LogP contribution in [0.3, 0.4) is 0 Å². The van der Waals surface area contributed by atoms with E-state index in [1.807, 2.05) is 18.2 Å². The van der Waals surface area contributed by atoms with Crippen LogP contribution in [0, 0.1) is 5.92 Å². The first kappa shape index (κ1) is 8.57. The summed E-state index contributed by atoms with van der Waals surface area (Å²) in [4.78, 5) is 0. The lowest BCUT2D eigenvalue weighted by Crippen LogP contribution is -2.17. The molecule has 3 N–H and O–H groups in total. The van der Waals surface area contributed by atoms with Gasteiger partial charge in [-0.1, -0.05) is 25.1 Å². The molecule has 1 aromatic carbocycles. The highest BCUT2D eigenvalue weighted by atomic mass is 15.0. The van der Waals surface area contributed by atoms with Crippen molar-refractivity contribution in [3.05, 3.63) is 29.8 Å². The van der Waals surface area contributed by atoms with E-state index < -0.39 is 0 Å². The topological polar surface area (TPSA) is 38.0 Å². The van der Waals surface area contributed by atoms with Crippen molar-refractivity contribution in [2.75, 3.05) is 5.73 Å². The average molecular weight is 176 g/mol. The fourth-order valence-corrected chi connectivity index (χ4v) is 1.54. The molecule has 2 heteroatoms. The quantitative estimate of drug-likeness (QED) is 0.689. The van der Waals surface area contributed by atoms with E-state index in [1.165, 1.54) is 12.0 Å². The summed E-state index contributed by atoms with van der Waals surface area (Å²) < 4.78 is 0. The third kappa shape index (κ3) is 2.01. The Balaban J connectivity index is 1.90. The molecule has 13 heavy (non-hydrogen) atoms. The minimum Gasteiger partial charge on any atom is -0.398 e. The highest BCUT2D eigenvalue weighted by Gasteiger charge is 2.31. The summed E-state index contributed by atoms with van der Waals surface area (Å²) >= 11 is 0. The molecule has 2 unspecified atom stereocenters. The Morgan fingerprint density at radius 3 is 2.77 bits per heavy atom. The van der Waals surface area contributed by atoms with Gasteiger partial charge in [0, 0.05) is 18.3 Å². The molecular weight excluding hydrogens is 160 g/mol. The number of anilines is 1. The average Bonchev–Trinajstić information content (AvgIpc) is 2.81. The molecule has 0 heterocycles. The summed E-state index contributed by atoms with van der Waals surface area (Å²) in [5, 5.41) is 3.48. The van der Waals surface area contributed by atoms with Gasteiger partial charge < -0.3 is 11.1 Å². The molecule has 1 fully saturated rings. The van der Waals surface area contributed by atoms with Crippen LogP contribution in [-0.4, -0.2) is 6.04 Å². The Hall–Kier alpha value is -1.02. The number of nitrogens with two attached hydrogens (primary N) is 1. The van der Waals surface area contributed by atoms with Crippen LogP contribution >= 0.6 is 0 Å². The number of hydrogen-bond acceptors (Lipinski definition) is 2. The maximum absolute atomic E-state index is 5.82. The molecule has 0 spiro atoms. The van der Waals surface area contributed by atoms with E-state index in [4.69, 9.17) is 5.73 Å². The second kappa shape index (κ2) is 3.38.